The van der Waals surface area contributed by atoms with E-state index in [0.29, 0.717) is 11.4 Å². The van der Waals surface area contributed by atoms with Gasteiger partial charge in [-0.3, -0.25) is 14.6 Å². The van der Waals surface area contributed by atoms with Crippen LogP contribution in [0.2, 0.25) is 0 Å². The quantitative estimate of drug-likeness (QED) is 0.615. The van der Waals surface area contributed by atoms with E-state index in [0.717, 1.165) is 11.1 Å². The number of rotatable bonds is 5. The van der Waals surface area contributed by atoms with E-state index in [1.165, 1.54) is 11.9 Å². The van der Waals surface area contributed by atoms with Crippen LogP contribution in [0.25, 0.3) is 5.70 Å². The summed E-state index contributed by atoms with van der Waals surface area (Å²) in [6.07, 6.45) is 2.86. The van der Waals surface area contributed by atoms with Crippen LogP contribution in [0.4, 0.5) is 0 Å². The molecule has 0 unspecified atom stereocenters. The molecule has 8 heteroatoms. The van der Waals surface area contributed by atoms with Crippen molar-refractivity contribution in [1.82, 2.24) is 15.1 Å². The number of likely N-dealkylation sites (N-methyl/N-ethyl adjacent to an activating group) is 1. The summed E-state index contributed by atoms with van der Waals surface area (Å²) in [4.78, 5) is 34.1. The van der Waals surface area contributed by atoms with Crippen LogP contribution in [0.5, 0.6) is 0 Å². The number of allylic oxidation sites excluding steroid dienone is 1. The summed E-state index contributed by atoms with van der Waals surface area (Å²) in [6, 6.07) is 6.08. The Hall–Kier alpha value is -2.97. The molecule has 184 valence electrons. The average Bonchev–Trinajstić information content (AvgIpc) is 3.15. The first-order valence-electron chi connectivity index (χ1n) is 11.5. The zero-order valence-corrected chi connectivity index (χ0v) is 20.9. The van der Waals surface area contributed by atoms with Crippen molar-refractivity contribution in [2.24, 2.45) is 10.4 Å². The lowest BCUT2D eigenvalue weighted by Crippen LogP contribution is -2.56. The molecule has 2 aliphatic rings. The molecule has 2 amide bonds. The molecule has 1 saturated heterocycles. The molecule has 0 aromatic heterocycles. The van der Waals surface area contributed by atoms with E-state index < -0.39 is 29.2 Å². The van der Waals surface area contributed by atoms with Crippen LogP contribution in [0.15, 0.2) is 47.7 Å². The van der Waals surface area contributed by atoms with Crippen molar-refractivity contribution < 1.29 is 19.8 Å². The van der Waals surface area contributed by atoms with E-state index in [-0.39, 0.29) is 24.8 Å². The molecule has 3 N–H and O–H groups in total. The second-order valence-electron chi connectivity index (χ2n) is 10.6. The molecule has 2 heterocycles. The minimum absolute atomic E-state index is 0.0993. The predicted octanol–water partition coefficient (Wildman–Crippen LogP) is 2.24. The number of nitrogens with one attached hydrogen (secondary N) is 1. The fraction of sp³-hybridized carbons (Fsp3) is 0.500. The second-order valence-corrected chi connectivity index (χ2v) is 10.6. The summed E-state index contributed by atoms with van der Waals surface area (Å²) in [5.41, 5.74) is 1.20. The Morgan fingerprint density at radius 3 is 2.50 bits per heavy atom. The highest BCUT2D eigenvalue weighted by Crippen LogP contribution is 2.34. The lowest BCUT2D eigenvalue weighted by Gasteiger charge is -2.42. The largest absolute Gasteiger partial charge is 0.391 e. The molecular weight excluding hydrogens is 432 g/mol. The zero-order valence-electron chi connectivity index (χ0n) is 20.9. The highest BCUT2D eigenvalue weighted by molar-refractivity contribution is 5.93. The van der Waals surface area contributed by atoms with Crippen LogP contribution in [0.3, 0.4) is 0 Å². The molecule has 2 aliphatic heterocycles. The maximum absolute atomic E-state index is 13.9. The van der Waals surface area contributed by atoms with Gasteiger partial charge in [0.25, 0.3) is 0 Å². The Bertz CT molecular complexity index is 1030. The Morgan fingerprint density at radius 1 is 1.24 bits per heavy atom. The normalized spacial score (nSPS) is 22.0. The third-order valence-electron chi connectivity index (χ3n) is 6.25. The Labute approximate surface area is 201 Å². The maximum atomic E-state index is 13.9. The van der Waals surface area contributed by atoms with Gasteiger partial charge < -0.3 is 25.3 Å². The van der Waals surface area contributed by atoms with Crippen LogP contribution >= 0.6 is 0 Å². The highest BCUT2D eigenvalue weighted by atomic mass is 16.3. The smallest absolute Gasteiger partial charge is 0.246 e. The Kier molecular flexibility index (Phi) is 7.05. The van der Waals surface area contributed by atoms with E-state index in [1.807, 2.05) is 45.0 Å². The second kappa shape index (κ2) is 9.35. The molecule has 1 aromatic carbocycles. The van der Waals surface area contributed by atoms with Gasteiger partial charge in [0.05, 0.1) is 29.3 Å². The number of nitrogens with zero attached hydrogens (tertiary/aromatic N) is 3. The first kappa shape index (κ1) is 25.6. The SMILES string of the molecule is C=C1C=NC(c2cccc(C(C)(C)O)c2)=CN1[C@H](C(=O)N1C[C@H](O)C[C@H]1C(=O)NC)C(C)(C)C. The summed E-state index contributed by atoms with van der Waals surface area (Å²) >= 11 is 0. The van der Waals surface area contributed by atoms with E-state index >= 15 is 0 Å². The zero-order chi connectivity index (χ0) is 25.4. The third-order valence-corrected chi connectivity index (χ3v) is 6.25. The van der Waals surface area contributed by atoms with Gasteiger partial charge in [0, 0.05) is 31.8 Å². The first-order chi connectivity index (χ1) is 15.7. The molecule has 0 bridgehead atoms. The van der Waals surface area contributed by atoms with Gasteiger partial charge in [0.1, 0.15) is 12.1 Å². The van der Waals surface area contributed by atoms with Gasteiger partial charge in [0.15, 0.2) is 0 Å². The molecule has 0 spiro atoms. The molecule has 1 aromatic rings. The molecule has 1 fully saturated rings. The monoisotopic (exact) mass is 468 g/mol. The molecule has 0 saturated carbocycles. The summed E-state index contributed by atoms with van der Waals surface area (Å²) in [6.45, 7) is 13.5. The van der Waals surface area contributed by atoms with Gasteiger partial charge in [-0.15, -0.1) is 0 Å². The van der Waals surface area contributed by atoms with Crippen molar-refractivity contribution >= 4 is 23.7 Å². The van der Waals surface area contributed by atoms with Gasteiger partial charge in [-0.1, -0.05) is 45.5 Å². The van der Waals surface area contributed by atoms with Crippen molar-refractivity contribution in [3.63, 3.8) is 0 Å². The van der Waals surface area contributed by atoms with E-state index in [1.54, 1.807) is 31.2 Å². The molecular formula is C26H36N4O4. The summed E-state index contributed by atoms with van der Waals surface area (Å²) in [5, 5.41) is 23.3. The van der Waals surface area contributed by atoms with Gasteiger partial charge in [-0.2, -0.15) is 0 Å². The van der Waals surface area contributed by atoms with Crippen molar-refractivity contribution in [2.75, 3.05) is 13.6 Å². The molecule has 8 nitrogen and oxygen atoms in total. The lowest BCUT2D eigenvalue weighted by molar-refractivity contribution is -0.144. The number of aliphatic hydroxyl groups is 2. The van der Waals surface area contributed by atoms with Crippen molar-refractivity contribution in [3.05, 3.63) is 53.9 Å². The standard InChI is InChI=1S/C26H36N4O4/c1-16-13-28-20(17-9-8-10-18(11-17)26(5,6)34)15-29(16)22(25(2,3)4)24(33)30-14-19(31)12-21(30)23(32)27-7/h8-11,13,15,19,21-22,31,34H,1,12,14H2,2-7H3,(H,27,32)/t19-,21+,22-/m1/s1. The van der Waals surface area contributed by atoms with Crippen LogP contribution in [-0.2, 0) is 15.2 Å². The summed E-state index contributed by atoms with van der Waals surface area (Å²) in [7, 11) is 1.52. The fourth-order valence-corrected chi connectivity index (χ4v) is 4.44. The molecule has 0 radical (unpaired) electrons. The molecule has 3 rings (SSSR count). The maximum Gasteiger partial charge on any atom is 0.246 e. The van der Waals surface area contributed by atoms with E-state index in [4.69, 9.17) is 0 Å². The topological polar surface area (TPSA) is 105 Å². The van der Waals surface area contributed by atoms with Crippen LogP contribution in [0.1, 0.15) is 52.2 Å². The number of hydrogen-bond acceptors (Lipinski definition) is 6. The molecule has 34 heavy (non-hydrogen) atoms. The van der Waals surface area contributed by atoms with Crippen LogP contribution in [0, 0.1) is 5.41 Å². The number of carbonyl (C=O) groups excluding carboxylic acids is 2. The highest BCUT2D eigenvalue weighted by Gasteiger charge is 2.46. The number of aliphatic hydroxyl groups excluding tert-OH is 1. The molecule has 0 aliphatic carbocycles. The third kappa shape index (κ3) is 5.23. The average molecular weight is 469 g/mol. The number of carbonyl (C=O) groups is 2. The minimum Gasteiger partial charge on any atom is -0.391 e. The number of likely N-dealkylation sites (tertiary alicyclic amines) is 1. The van der Waals surface area contributed by atoms with Gasteiger partial charge in [0.2, 0.25) is 11.8 Å². The minimum atomic E-state index is -1.01. The lowest BCUT2D eigenvalue weighted by atomic mass is 9.84. The number of amides is 2. The Morgan fingerprint density at radius 2 is 1.91 bits per heavy atom. The van der Waals surface area contributed by atoms with Crippen LogP contribution < -0.4 is 5.32 Å². The number of hydrogen-bond donors (Lipinski definition) is 3. The van der Waals surface area contributed by atoms with Crippen molar-refractivity contribution in [3.8, 4) is 0 Å². The first-order valence-corrected chi connectivity index (χ1v) is 11.5. The number of aliphatic imine (C=N–C) groups is 1. The predicted molar refractivity (Wildman–Crippen MR) is 133 cm³/mol. The van der Waals surface area contributed by atoms with Crippen LogP contribution in [-0.4, -0.2) is 69.8 Å². The van der Waals surface area contributed by atoms with E-state index in [9.17, 15) is 19.8 Å². The van der Waals surface area contributed by atoms with Gasteiger partial charge in [-0.05, 0) is 30.9 Å². The summed E-state index contributed by atoms with van der Waals surface area (Å²) in [5.74, 6) is -0.550. The van der Waals surface area contributed by atoms with Crippen molar-refractivity contribution in [1.29, 1.82) is 0 Å². The fourth-order valence-electron chi connectivity index (χ4n) is 4.44. The number of benzene rings is 1. The van der Waals surface area contributed by atoms with Gasteiger partial charge >= 0.3 is 0 Å². The van der Waals surface area contributed by atoms with Gasteiger partial charge in [-0.25, -0.2) is 0 Å². The van der Waals surface area contributed by atoms with Crippen molar-refractivity contribution in [2.45, 2.75) is 64.8 Å². The Balaban J connectivity index is 2.02. The molecule has 3 atom stereocenters. The summed E-state index contributed by atoms with van der Waals surface area (Å²) < 4.78 is 0. The number of β-amino-alcohol motifs (C(OH)–C–C–N with tert-alkyl or cyclic N) is 1. The van der Waals surface area contributed by atoms with E-state index in [2.05, 4.69) is 16.9 Å².